The van der Waals surface area contributed by atoms with Gasteiger partial charge in [-0.25, -0.2) is 0 Å². The number of rotatable bonds is 5. The van der Waals surface area contributed by atoms with Crippen molar-refractivity contribution < 1.29 is 9.53 Å². The Morgan fingerprint density at radius 2 is 2.12 bits per heavy atom. The van der Waals surface area contributed by atoms with Crippen LogP contribution in [0.4, 0.5) is 0 Å². The molecule has 0 aliphatic carbocycles. The molecule has 3 heteroatoms. The smallest absolute Gasteiger partial charge is 0.191 e. The first-order valence-electron chi connectivity index (χ1n) is 5.48. The first-order valence-corrected chi connectivity index (χ1v) is 8.59. The van der Waals surface area contributed by atoms with Crippen molar-refractivity contribution in [1.29, 1.82) is 0 Å². The van der Waals surface area contributed by atoms with E-state index in [-0.39, 0.29) is 0 Å². The first kappa shape index (κ1) is 13.0. The highest BCUT2D eigenvalue weighted by atomic mass is 28.4. The fourth-order valence-electron chi connectivity index (χ4n) is 1.65. The predicted molar refractivity (Wildman–Crippen MR) is 70.2 cm³/mol. The second-order valence-electron chi connectivity index (χ2n) is 4.66. The highest BCUT2D eigenvalue weighted by molar-refractivity contribution is 6.70. The summed E-state index contributed by atoms with van der Waals surface area (Å²) in [6.07, 6.45) is 1.79. The van der Waals surface area contributed by atoms with Crippen LogP contribution in [0.3, 0.4) is 0 Å². The van der Waals surface area contributed by atoms with Crippen LogP contribution in [0.5, 0.6) is 5.75 Å². The number of phenols is 1. The molecular formula is C13H20O2Si. The van der Waals surface area contributed by atoms with Crippen molar-refractivity contribution in [1.82, 2.24) is 0 Å². The Labute approximate surface area is 98.7 Å². The van der Waals surface area contributed by atoms with Gasteiger partial charge in [-0.15, -0.1) is 6.58 Å². The minimum Gasteiger partial charge on any atom is -0.508 e. The van der Waals surface area contributed by atoms with E-state index in [0.717, 1.165) is 11.6 Å². The predicted octanol–water partition coefficient (Wildman–Crippen LogP) is 3.19. The zero-order chi connectivity index (χ0) is 12.2. The van der Waals surface area contributed by atoms with E-state index in [1.54, 1.807) is 12.1 Å². The molecule has 0 aliphatic rings. The van der Waals surface area contributed by atoms with Gasteiger partial charge in [0.25, 0.3) is 0 Å². The molecule has 0 bridgehead atoms. The maximum absolute atomic E-state index is 9.45. The van der Waals surface area contributed by atoms with E-state index in [1.807, 2.05) is 19.1 Å². The van der Waals surface area contributed by atoms with Crippen molar-refractivity contribution in [2.24, 2.45) is 0 Å². The summed E-state index contributed by atoms with van der Waals surface area (Å²) >= 11 is 0. The van der Waals surface area contributed by atoms with E-state index < -0.39 is 8.32 Å². The van der Waals surface area contributed by atoms with Crippen LogP contribution >= 0.6 is 0 Å². The second-order valence-corrected chi connectivity index (χ2v) is 8.82. The van der Waals surface area contributed by atoms with Crippen LogP contribution in [0.25, 0.3) is 0 Å². The summed E-state index contributed by atoms with van der Waals surface area (Å²) in [5.41, 5.74) is 2.15. The van der Waals surface area contributed by atoms with E-state index in [2.05, 4.69) is 19.7 Å². The summed E-state index contributed by atoms with van der Waals surface area (Å²) in [5.74, 6) is 0.357. The zero-order valence-electron chi connectivity index (χ0n) is 10.3. The summed E-state index contributed by atoms with van der Waals surface area (Å²) in [6, 6.07) is 6.71. The van der Waals surface area contributed by atoms with Gasteiger partial charge >= 0.3 is 0 Å². The SMILES string of the molecule is C=CCO[Si](C)(C)Cc1ccc(O)c(C)c1. The van der Waals surface area contributed by atoms with Crippen molar-refractivity contribution in [2.75, 3.05) is 6.61 Å². The van der Waals surface area contributed by atoms with Crippen LogP contribution in [0, 0.1) is 6.92 Å². The van der Waals surface area contributed by atoms with Crippen LogP contribution in [0.2, 0.25) is 13.1 Å². The van der Waals surface area contributed by atoms with Gasteiger partial charge in [0, 0.05) is 0 Å². The first-order chi connectivity index (χ1) is 7.44. The maximum Gasteiger partial charge on any atom is 0.191 e. The maximum atomic E-state index is 9.45. The van der Waals surface area contributed by atoms with E-state index >= 15 is 0 Å². The molecule has 0 fully saturated rings. The molecule has 0 heterocycles. The van der Waals surface area contributed by atoms with Crippen molar-refractivity contribution in [3.8, 4) is 5.75 Å². The third-order valence-corrected chi connectivity index (χ3v) is 4.69. The van der Waals surface area contributed by atoms with E-state index in [1.165, 1.54) is 5.56 Å². The zero-order valence-corrected chi connectivity index (χ0v) is 11.3. The molecule has 0 atom stereocenters. The van der Waals surface area contributed by atoms with Gasteiger partial charge in [0.15, 0.2) is 8.32 Å². The Balaban J connectivity index is 2.71. The highest BCUT2D eigenvalue weighted by Gasteiger charge is 2.22. The minimum absolute atomic E-state index is 0.357. The van der Waals surface area contributed by atoms with Crippen LogP contribution in [-0.2, 0) is 10.5 Å². The van der Waals surface area contributed by atoms with Crippen LogP contribution in [0.15, 0.2) is 30.9 Å². The van der Waals surface area contributed by atoms with Crippen molar-refractivity contribution >= 4 is 8.32 Å². The number of phenolic OH excluding ortho intramolecular Hbond substituents is 1. The average Bonchev–Trinajstić information content (AvgIpc) is 2.20. The largest absolute Gasteiger partial charge is 0.508 e. The Morgan fingerprint density at radius 3 is 2.69 bits per heavy atom. The molecular weight excluding hydrogens is 216 g/mol. The van der Waals surface area contributed by atoms with Gasteiger partial charge < -0.3 is 9.53 Å². The monoisotopic (exact) mass is 236 g/mol. The molecule has 0 aromatic heterocycles. The molecule has 1 N–H and O–H groups in total. The lowest BCUT2D eigenvalue weighted by Gasteiger charge is -2.22. The summed E-state index contributed by atoms with van der Waals surface area (Å²) in [4.78, 5) is 0. The van der Waals surface area contributed by atoms with Crippen molar-refractivity contribution in [2.45, 2.75) is 26.1 Å². The molecule has 88 valence electrons. The molecule has 1 rings (SSSR count). The van der Waals surface area contributed by atoms with Crippen molar-refractivity contribution in [3.05, 3.63) is 42.0 Å². The lowest BCUT2D eigenvalue weighted by molar-refractivity contribution is 0.351. The minimum atomic E-state index is -1.66. The molecule has 0 saturated heterocycles. The third-order valence-electron chi connectivity index (χ3n) is 2.48. The Morgan fingerprint density at radius 1 is 1.44 bits per heavy atom. The molecule has 16 heavy (non-hydrogen) atoms. The number of aryl methyl sites for hydroxylation is 1. The van der Waals surface area contributed by atoms with Gasteiger partial charge in [-0.2, -0.15) is 0 Å². The topological polar surface area (TPSA) is 29.5 Å². The molecule has 1 aromatic rings. The van der Waals surface area contributed by atoms with Crippen molar-refractivity contribution in [3.63, 3.8) is 0 Å². The molecule has 2 nitrogen and oxygen atoms in total. The van der Waals surface area contributed by atoms with Gasteiger partial charge in [0.05, 0.1) is 6.61 Å². The van der Waals surface area contributed by atoms with E-state index in [0.29, 0.717) is 12.4 Å². The molecule has 1 aromatic carbocycles. The normalized spacial score (nSPS) is 11.4. The average molecular weight is 236 g/mol. The molecule has 0 amide bonds. The number of hydrogen-bond donors (Lipinski definition) is 1. The molecule has 0 radical (unpaired) electrons. The summed E-state index contributed by atoms with van der Waals surface area (Å²) in [5, 5.41) is 9.45. The molecule has 0 saturated carbocycles. The standard InChI is InChI=1S/C13H20O2Si/c1-5-8-15-16(3,4)10-12-6-7-13(14)11(2)9-12/h5-7,9,14H,1,8,10H2,2-4H3. The van der Waals surface area contributed by atoms with E-state index in [4.69, 9.17) is 4.43 Å². The second kappa shape index (κ2) is 5.32. The summed E-state index contributed by atoms with van der Waals surface area (Å²) < 4.78 is 5.81. The van der Waals surface area contributed by atoms with E-state index in [9.17, 15) is 5.11 Å². The number of benzene rings is 1. The lowest BCUT2D eigenvalue weighted by Crippen LogP contribution is -2.33. The Bertz CT molecular complexity index is 372. The quantitative estimate of drug-likeness (QED) is 0.628. The number of hydrogen-bond acceptors (Lipinski definition) is 2. The molecule has 0 spiro atoms. The van der Waals surface area contributed by atoms with Gasteiger partial charge in [0.1, 0.15) is 5.75 Å². The Kier molecular flexibility index (Phi) is 4.32. The van der Waals surface area contributed by atoms with Crippen LogP contribution in [0.1, 0.15) is 11.1 Å². The molecule has 0 unspecified atom stereocenters. The fraction of sp³-hybridized carbons (Fsp3) is 0.385. The Hall–Kier alpha value is -1.06. The van der Waals surface area contributed by atoms with Crippen LogP contribution < -0.4 is 0 Å². The highest BCUT2D eigenvalue weighted by Crippen LogP contribution is 2.20. The number of aromatic hydroxyl groups is 1. The van der Waals surface area contributed by atoms with Gasteiger partial charge in [-0.3, -0.25) is 0 Å². The molecule has 0 aliphatic heterocycles. The third kappa shape index (κ3) is 3.83. The van der Waals surface area contributed by atoms with Crippen LogP contribution in [-0.4, -0.2) is 20.0 Å². The fourth-order valence-corrected chi connectivity index (χ4v) is 3.53. The van der Waals surface area contributed by atoms with Gasteiger partial charge in [-0.1, -0.05) is 18.2 Å². The summed E-state index contributed by atoms with van der Waals surface area (Å²) in [6.45, 7) is 10.6. The summed E-state index contributed by atoms with van der Waals surface area (Å²) in [7, 11) is -1.66. The lowest BCUT2D eigenvalue weighted by atomic mass is 10.1. The van der Waals surface area contributed by atoms with Gasteiger partial charge in [0.2, 0.25) is 0 Å². The van der Waals surface area contributed by atoms with Gasteiger partial charge in [-0.05, 0) is 43.3 Å².